The average Bonchev–Trinajstić information content (AvgIpc) is 3.09. The molecule has 0 amide bonds. The Labute approximate surface area is 137 Å². The molecule has 2 aromatic carbocycles. The van der Waals surface area contributed by atoms with Crippen molar-refractivity contribution in [1.82, 2.24) is 9.78 Å². The fourth-order valence-electron chi connectivity index (χ4n) is 2.16. The zero-order valence-corrected chi connectivity index (χ0v) is 12.6. The highest BCUT2D eigenvalue weighted by molar-refractivity contribution is 6.06. The highest BCUT2D eigenvalue weighted by atomic mass is 16.6. The number of hydrogen-bond donors (Lipinski definition) is 0. The number of benzene rings is 2. The van der Waals surface area contributed by atoms with Crippen molar-refractivity contribution in [2.75, 3.05) is 0 Å². The van der Waals surface area contributed by atoms with Gasteiger partial charge in [-0.15, -0.1) is 0 Å². The fourth-order valence-corrected chi connectivity index (χ4v) is 2.16. The van der Waals surface area contributed by atoms with Crippen molar-refractivity contribution < 1.29 is 9.72 Å². The molecule has 0 unspecified atom stereocenters. The molecule has 3 rings (SSSR count). The summed E-state index contributed by atoms with van der Waals surface area (Å²) in [5.74, 6) is -0.225. The second kappa shape index (κ2) is 6.70. The summed E-state index contributed by atoms with van der Waals surface area (Å²) < 4.78 is 1.72. The number of hydrogen-bond acceptors (Lipinski definition) is 4. The fraction of sp³-hybridized carbons (Fsp3) is 0. The van der Waals surface area contributed by atoms with Crippen molar-refractivity contribution in [3.8, 4) is 5.69 Å². The van der Waals surface area contributed by atoms with Crippen LogP contribution in [-0.2, 0) is 0 Å². The molecular weight excluding hydrogens is 306 g/mol. The van der Waals surface area contributed by atoms with Gasteiger partial charge in [0, 0.05) is 29.5 Å². The van der Waals surface area contributed by atoms with Gasteiger partial charge in [0.1, 0.15) is 0 Å². The van der Waals surface area contributed by atoms with Gasteiger partial charge >= 0.3 is 0 Å². The van der Waals surface area contributed by atoms with Crippen LogP contribution in [0, 0.1) is 10.1 Å². The second-order valence-electron chi connectivity index (χ2n) is 5.06. The molecular formula is C18H13N3O3. The van der Waals surface area contributed by atoms with Crippen LogP contribution in [0.5, 0.6) is 0 Å². The Balaban J connectivity index is 1.72. The standard InChI is InChI=1S/C18H13N3O3/c22-18(15-7-9-17(10-8-15)21(23)24)11-6-14-12-19-20(13-14)16-4-2-1-3-5-16/h1-13H/b11-6+. The second-order valence-corrected chi connectivity index (χ2v) is 5.06. The van der Waals surface area contributed by atoms with Crippen molar-refractivity contribution in [3.05, 3.63) is 94.3 Å². The van der Waals surface area contributed by atoms with Crippen molar-refractivity contribution >= 4 is 17.5 Å². The van der Waals surface area contributed by atoms with E-state index in [0.29, 0.717) is 5.56 Å². The number of nitro groups is 1. The first-order valence-corrected chi connectivity index (χ1v) is 7.20. The zero-order valence-electron chi connectivity index (χ0n) is 12.6. The highest BCUT2D eigenvalue weighted by Crippen LogP contribution is 2.14. The molecule has 6 nitrogen and oxygen atoms in total. The van der Waals surface area contributed by atoms with Crippen molar-refractivity contribution in [2.24, 2.45) is 0 Å². The highest BCUT2D eigenvalue weighted by Gasteiger charge is 2.07. The van der Waals surface area contributed by atoms with Crippen LogP contribution in [0.3, 0.4) is 0 Å². The predicted molar refractivity (Wildman–Crippen MR) is 90.0 cm³/mol. The van der Waals surface area contributed by atoms with Gasteiger partial charge in [0.05, 0.1) is 16.8 Å². The van der Waals surface area contributed by atoms with Crippen LogP contribution in [-0.4, -0.2) is 20.5 Å². The summed E-state index contributed by atoms with van der Waals surface area (Å²) in [6, 6.07) is 15.1. The number of nitro benzene ring substituents is 1. The third-order valence-corrected chi connectivity index (χ3v) is 3.41. The Kier molecular flexibility index (Phi) is 4.29. The summed E-state index contributed by atoms with van der Waals surface area (Å²) in [6.45, 7) is 0. The summed E-state index contributed by atoms with van der Waals surface area (Å²) in [4.78, 5) is 22.2. The molecule has 0 saturated heterocycles. The van der Waals surface area contributed by atoms with Gasteiger partial charge < -0.3 is 0 Å². The van der Waals surface area contributed by atoms with Gasteiger partial charge in [0.2, 0.25) is 0 Å². The number of aromatic nitrogens is 2. The van der Waals surface area contributed by atoms with Crippen LogP contribution >= 0.6 is 0 Å². The Morgan fingerprint density at radius 3 is 2.46 bits per heavy atom. The third-order valence-electron chi connectivity index (χ3n) is 3.41. The maximum atomic E-state index is 12.1. The molecule has 0 bridgehead atoms. The Morgan fingerprint density at radius 1 is 1.08 bits per heavy atom. The van der Waals surface area contributed by atoms with Crippen LogP contribution in [0.1, 0.15) is 15.9 Å². The minimum atomic E-state index is -0.498. The molecule has 0 radical (unpaired) electrons. The number of allylic oxidation sites excluding steroid dienone is 1. The molecule has 6 heteroatoms. The van der Waals surface area contributed by atoms with E-state index in [0.717, 1.165) is 11.3 Å². The first-order valence-electron chi connectivity index (χ1n) is 7.20. The van der Waals surface area contributed by atoms with Crippen molar-refractivity contribution in [1.29, 1.82) is 0 Å². The molecule has 0 fully saturated rings. The maximum Gasteiger partial charge on any atom is 0.269 e. The van der Waals surface area contributed by atoms with Gasteiger partial charge in [-0.1, -0.05) is 18.2 Å². The summed E-state index contributed by atoms with van der Waals surface area (Å²) >= 11 is 0. The summed E-state index contributed by atoms with van der Waals surface area (Å²) in [6.07, 6.45) is 6.56. The van der Waals surface area contributed by atoms with E-state index in [4.69, 9.17) is 0 Å². The molecule has 0 spiro atoms. The zero-order chi connectivity index (χ0) is 16.9. The molecule has 0 aliphatic carbocycles. The topological polar surface area (TPSA) is 78.0 Å². The van der Waals surface area contributed by atoms with Gasteiger partial charge in [-0.2, -0.15) is 5.10 Å². The Hall–Kier alpha value is -3.54. The van der Waals surface area contributed by atoms with Gasteiger partial charge in [-0.3, -0.25) is 14.9 Å². The van der Waals surface area contributed by atoms with Crippen molar-refractivity contribution in [3.63, 3.8) is 0 Å². The SMILES string of the molecule is O=C(/C=C/c1cnn(-c2ccccc2)c1)c1ccc([N+](=O)[O-])cc1. The minimum absolute atomic E-state index is 0.0420. The van der Waals surface area contributed by atoms with Crippen LogP contribution in [0.2, 0.25) is 0 Å². The Morgan fingerprint density at radius 2 is 1.79 bits per heavy atom. The van der Waals surface area contributed by atoms with E-state index < -0.39 is 4.92 Å². The number of rotatable bonds is 5. The van der Waals surface area contributed by atoms with Crippen molar-refractivity contribution in [2.45, 2.75) is 0 Å². The van der Waals surface area contributed by atoms with Gasteiger partial charge in [0.25, 0.3) is 5.69 Å². The van der Waals surface area contributed by atoms with Crippen LogP contribution in [0.15, 0.2) is 73.1 Å². The molecule has 3 aromatic rings. The van der Waals surface area contributed by atoms with Gasteiger partial charge in [0.15, 0.2) is 5.78 Å². The third kappa shape index (κ3) is 3.44. The number of nitrogens with zero attached hydrogens (tertiary/aromatic N) is 3. The van der Waals surface area contributed by atoms with E-state index >= 15 is 0 Å². The Bertz CT molecular complexity index is 897. The predicted octanol–water partition coefficient (Wildman–Crippen LogP) is 3.68. The molecule has 0 aliphatic rings. The van der Waals surface area contributed by atoms with Crippen LogP contribution in [0.25, 0.3) is 11.8 Å². The average molecular weight is 319 g/mol. The molecule has 0 saturated carbocycles. The molecule has 1 heterocycles. The summed E-state index contributed by atoms with van der Waals surface area (Å²) in [5, 5.41) is 14.9. The van der Waals surface area contributed by atoms with E-state index in [1.54, 1.807) is 17.0 Å². The number of ketones is 1. The lowest BCUT2D eigenvalue weighted by Gasteiger charge is -1.98. The minimum Gasteiger partial charge on any atom is -0.289 e. The van der Waals surface area contributed by atoms with E-state index in [1.165, 1.54) is 30.3 Å². The molecule has 24 heavy (non-hydrogen) atoms. The molecule has 0 N–H and O–H groups in total. The number of para-hydroxylation sites is 1. The number of non-ortho nitro benzene ring substituents is 1. The number of carbonyl (C=O) groups is 1. The molecule has 1 aromatic heterocycles. The lowest BCUT2D eigenvalue weighted by Crippen LogP contribution is -1.95. The largest absolute Gasteiger partial charge is 0.289 e. The van der Waals surface area contributed by atoms with Gasteiger partial charge in [-0.05, 0) is 36.4 Å². The first kappa shape index (κ1) is 15.4. The molecule has 118 valence electrons. The number of carbonyl (C=O) groups excluding carboxylic acids is 1. The van der Waals surface area contributed by atoms with E-state index in [2.05, 4.69) is 5.10 Å². The lowest BCUT2D eigenvalue weighted by molar-refractivity contribution is -0.384. The quantitative estimate of drug-likeness (QED) is 0.311. The van der Waals surface area contributed by atoms with E-state index in [9.17, 15) is 14.9 Å². The van der Waals surface area contributed by atoms with Crippen LogP contribution < -0.4 is 0 Å². The van der Waals surface area contributed by atoms with E-state index in [-0.39, 0.29) is 11.5 Å². The monoisotopic (exact) mass is 319 g/mol. The van der Waals surface area contributed by atoms with Gasteiger partial charge in [-0.25, -0.2) is 4.68 Å². The van der Waals surface area contributed by atoms with E-state index in [1.807, 2.05) is 36.5 Å². The summed E-state index contributed by atoms with van der Waals surface area (Å²) in [5.41, 5.74) is 2.07. The first-order chi connectivity index (χ1) is 11.6. The lowest BCUT2D eigenvalue weighted by atomic mass is 10.1. The summed E-state index contributed by atoms with van der Waals surface area (Å²) in [7, 11) is 0. The normalized spacial score (nSPS) is 10.8. The van der Waals surface area contributed by atoms with Crippen LogP contribution in [0.4, 0.5) is 5.69 Å². The molecule has 0 aliphatic heterocycles. The maximum absolute atomic E-state index is 12.1. The molecule has 0 atom stereocenters. The smallest absolute Gasteiger partial charge is 0.269 e.